The highest BCUT2D eigenvalue weighted by Crippen LogP contribution is 2.18. The first kappa shape index (κ1) is 14.3. The molecule has 1 heterocycles. The van der Waals surface area contributed by atoms with Gasteiger partial charge in [-0.1, -0.05) is 29.4 Å². The highest BCUT2D eigenvalue weighted by Gasteiger charge is 2.12. The minimum absolute atomic E-state index is 0.116. The van der Waals surface area contributed by atoms with Crippen LogP contribution in [0, 0.1) is 0 Å². The summed E-state index contributed by atoms with van der Waals surface area (Å²) in [6.07, 6.45) is 0.772. The molecule has 0 radical (unpaired) electrons. The Kier molecular flexibility index (Phi) is 4.16. The first-order chi connectivity index (χ1) is 10.8. The molecule has 1 aromatic heterocycles. The summed E-state index contributed by atoms with van der Waals surface area (Å²) in [4.78, 5) is 12.1. The molecule has 2 aromatic carbocycles. The van der Waals surface area contributed by atoms with E-state index >= 15 is 0 Å². The number of aliphatic hydroxyl groups excluding tert-OH is 1. The van der Waals surface area contributed by atoms with E-state index in [0.29, 0.717) is 17.7 Å². The third-order valence-corrected chi connectivity index (χ3v) is 3.42. The second kappa shape index (κ2) is 6.41. The number of nitrogens with zero attached hydrogens (tertiary/aromatic N) is 1. The van der Waals surface area contributed by atoms with Crippen LogP contribution in [-0.4, -0.2) is 22.8 Å². The van der Waals surface area contributed by atoms with Crippen molar-refractivity contribution in [3.8, 4) is 0 Å². The fourth-order valence-electron chi connectivity index (χ4n) is 2.31. The zero-order chi connectivity index (χ0) is 15.4. The van der Waals surface area contributed by atoms with Gasteiger partial charge in [0.15, 0.2) is 5.58 Å². The maximum Gasteiger partial charge on any atom is 0.230 e. The van der Waals surface area contributed by atoms with Crippen LogP contribution in [0.5, 0.6) is 0 Å². The normalized spacial score (nSPS) is 10.8. The summed E-state index contributed by atoms with van der Waals surface area (Å²) in [6.45, 7) is 0.116. The third kappa shape index (κ3) is 3.15. The summed E-state index contributed by atoms with van der Waals surface area (Å²) in [5.74, 6) is -0.144. The van der Waals surface area contributed by atoms with Crippen LogP contribution in [0.4, 0.5) is 5.69 Å². The molecule has 0 saturated carbocycles. The Morgan fingerprint density at radius 2 is 1.91 bits per heavy atom. The topological polar surface area (TPSA) is 75.4 Å². The molecule has 0 aliphatic rings. The summed E-state index contributed by atoms with van der Waals surface area (Å²) >= 11 is 0. The Labute approximate surface area is 127 Å². The summed E-state index contributed by atoms with van der Waals surface area (Å²) in [6, 6.07) is 14.9. The maximum atomic E-state index is 12.1. The molecule has 0 spiro atoms. The van der Waals surface area contributed by atoms with Gasteiger partial charge >= 0.3 is 0 Å². The molecule has 1 amide bonds. The van der Waals surface area contributed by atoms with E-state index in [-0.39, 0.29) is 18.9 Å². The van der Waals surface area contributed by atoms with Crippen molar-refractivity contribution in [2.24, 2.45) is 0 Å². The zero-order valence-electron chi connectivity index (χ0n) is 12.0. The summed E-state index contributed by atoms with van der Waals surface area (Å²) in [5, 5.41) is 16.5. The molecule has 22 heavy (non-hydrogen) atoms. The molecule has 5 heteroatoms. The molecule has 2 N–H and O–H groups in total. The summed E-state index contributed by atoms with van der Waals surface area (Å²) in [5.41, 5.74) is 3.06. The second-order valence-corrected chi connectivity index (χ2v) is 5.02. The molecule has 0 aliphatic heterocycles. The van der Waals surface area contributed by atoms with Crippen molar-refractivity contribution in [1.29, 1.82) is 0 Å². The average molecular weight is 296 g/mol. The van der Waals surface area contributed by atoms with Gasteiger partial charge in [-0.2, -0.15) is 0 Å². The van der Waals surface area contributed by atoms with E-state index in [1.807, 2.05) is 48.5 Å². The average Bonchev–Trinajstić information content (AvgIpc) is 2.93. The van der Waals surface area contributed by atoms with Gasteiger partial charge in [-0.05, 0) is 36.2 Å². The largest absolute Gasteiger partial charge is 0.396 e. The number of amides is 1. The third-order valence-electron chi connectivity index (χ3n) is 3.42. The van der Waals surface area contributed by atoms with Crippen LogP contribution in [0.15, 0.2) is 53.1 Å². The molecular weight excluding hydrogens is 280 g/mol. The Morgan fingerprint density at radius 3 is 2.68 bits per heavy atom. The van der Waals surface area contributed by atoms with Crippen molar-refractivity contribution in [2.75, 3.05) is 11.9 Å². The fourth-order valence-corrected chi connectivity index (χ4v) is 2.31. The Morgan fingerprint density at radius 1 is 1.14 bits per heavy atom. The number of anilines is 1. The van der Waals surface area contributed by atoms with Crippen molar-refractivity contribution in [1.82, 2.24) is 5.16 Å². The van der Waals surface area contributed by atoms with Gasteiger partial charge in [-0.25, -0.2) is 0 Å². The lowest BCUT2D eigenvalue weighted by molar-refractivity contribution is -0.115. The van der Waals surface area contributed by atoms with Crippen molar-refractivity contribution >= 4 is 22.6 Å². The van der Waals surface area contributed by atoms with Gasteiger partial charge < -0.3 is 14.9 Å². The quantitative estimate of drug-likeness (QED) is 0.758. The van der Waals surface area contributed by atoms with Crippen LogP contribution in [-0.2, 0) is 17.6 Å². The number of rotatable bonds is 5. The van der Waals surface area contributed by atoms with E-state index in [2.05, 4.69) is 10.5 Å². The van der Waals surface area contributed by atoms with Gasteiger partial charge in [-0.15, -0.1) is 0 Å². The van der Waals surface area contributed by atoms with E-state index in [1.165, 1.54) is 0 Å². The standard InChI is InChI=1S/C17H16N2O3/c20-10-9-12-5-7-13(8-6-12)18-17(21)11-15-14-3-1-2-4-16(14)22-19-15/h1-8,20H,9-11H2,(H,18,21). The number of fused-ring (bicyclic) bond motifs is 1. The minimum Gasteiger partial charge on any atom is -0.396 e. The number of carbonyl (C=O) groups is 1. The number of carbonyl (C=O) groups excluding carboxylic acids is 1. The number of hydrogen-bond acceptors (Lipinski definition) is 4. The molecular formula is C17H16N2O3. The molecule has 5 nitrogen and oxygen atoms in total. The molecule has 0 bridgehead atoms. The number of benzene rings is 2. The molecule has 3 rings (SSSR count). The molecule has 0 aliphatic carbocycles. The molecule has 3 aromatic rings. The van der Waals surface area contributed by atoms with E-state index in [4.69, 9.17) is 9.63 Å². The first-order valence-corrected chi connectivity index (χ1v) is 7.09. The van der Waals surface area contributed by atoms with Crippen molar-refractivity contribution in [3.05, 3.63) is 59.8 Å². The lowest BCUT2D eigenvalue weighted by Gasteiger charge is -2.05. The molecule has 0 saturated heterocycles. The van der Waals surface area contributed by atoms with Crippen LogP contribution in [0.25, 0.3) is 11.0 Å². The van der Waals surface area contributed by atoms with Crippen LogP contribution >= 0.6 is 0 Å². The van der Waals surface area contributed by atoms with Gasteiger partial charge in [0.1, 0.15) is 5.69 Å². The SMILES string of the molecule is O=C(Cc1noc2ccccc12)Nc1ccc(CCO)cc1. The fraction of sp³-hybridized carbons (Fsp3) is 0.176. The second-order valence-electron chi connectivity index (χ2n) is 5.02. The highest BCUT2D eigenvalue weighted by atomic mass is 16.5. The Bertz CT molecular complexity index is 778. The monoisotopic (exact) mass is 296 g/mol. The zero-order valence-corrected chi connectivity index (χ0v) is 12.0. The number of nitrogens with one attached hydrogen (secondary N) is 1. The predicted octanol–water partition coefficient (Wildman–Crippen LogP) is 2.54. The van der Waals surface area contributed by atoms with Crippen molar-refractivity contribution < 1.29 is 14.4 Å². The van der Waals surface area contributed by atoms with Gasteiger partial charge in [0.25, 0.3) is 0 Å². The van der Waals surface area contributed by atoms with Gasteiger partial charge in [0.05, 0.1) is 6.42 Å². The number of aromatic nitrogens is 1. The van der Waals surface area contributed by atoms with Gasteiger partial charge in [-0.3, -0.25) is 4.79 Å². The van der Waals surface area contributed by atoms with E-state index in [1.54, 1.807) is 0 Å². The predicted molar refractivity (Wildman–Crippen MR) is 83.6 cm³/mol. The lowest BCUT2D eigenvalue weighted by atomic mass is 10.1. The number of aliphatic hydroxyl groups is 1. The first-order valence-electron chi connectivity index (χ1n) is 7.09. The van der Waals surface area contributed by atoms with Crippen LogP contribution < -0.4 is 5.32 Å². The Balaban J connectivity index is 1.67. The molecule has 0 unspecified atom stereocenters. The van der Waals surface area contributed by atoms with E-state index in [0.717, 1.165) is 16.6 Å². The van der Waals surface area contributed by atoms with Crippen LogP contribution in [0.3, 0.4) is 0 Å². The molecule has 0 atom stereocenters. The summed E-state index contributed by atoms with van der Waals surface area (Å²) in [7, 11) is 0. The van der Waals surface area contributed by atoms with E-state index < -0.39 is 0 Å². The van der Waals surface area contributed by atoms with E-state index in [9.17, 15) is 4.79 Å². The summed E-state index contributed by atoms with van der Waals surface area (Å²) < 4.78 is 5.19. The highest BCUT2D eigenvalue weighted by molar-refractivity contribution is 5.94. The molecule has 112 valence electrons. The van der Waals surface area contributed by atoms with Gasteiger partial charge in [0.2, 0.25) is 5.91 Å². The number of para-hydroxylation sites is 1. The Hall–Kier alpha value is -2.66. The number of hydrogen-bond donors (Lipinski definition) is 2. The molecule has 0 fully saturated rings. The van der Waals surface area contributed by atoms with Crippen LogP contribution in [0.2, 0.25) is 0 Å². The van der Waals surface area contributed by atoms with Gasteiger partial charge in [0, 0.05) is 17.7 Å². The van der Waals surface area contributed by atoms with Crippen LogP contribution in [0.1, 0.15) is 11.3 Å². The van der Waals surface area contributed by atoms with Crippen molar-refractivity contribution in [2.45, 2.75) is 12.8 Å². The lowest BCUT2D eigenvalue weighted by Crippen LogP contribution is -2.14. The van der Waals surface area contributed by atoms with Crippen molar-refractivity contribution in [3.63, 3.8) is 0 Å². The maximum absolute atomic E-state index is 12.1. The minimum atomic E-state index is -0.144. The smallest absolute Gasteiger partial charge is 0.230 e.